The van der Waals surface area contributed by atoms with Crippen molar-refractivity contribution in [1.82, 2.24) is 4.90 Å². The van der Waals surface area contributed by atoms with Gasteiger partial charge in [0.15, 0.2) is 0 Å². The third-order valence-electron chi connectivity index (χ3n) is 4.59. The van der Waals surface area contributed by atoms with Gasteiger partial charge in [-0.2, -0.15) is 0 Å². The monoisotopic (exact) mass is 351 g/mol. The summed E-state index contributed by atoms with van der Waals surface area (Å²) in [5.74, 6) is 1.07. The van der Waals surface area contributed by atoms with Crippen LogP contribution in [0.4, 0.5) is 0 Å². The maximum Gasteiger partial charge on any atom is 0.308 e. The quantitative estimate of drug-likeness (QED) is 0.903. The number of carbonyl (C=O) groups excluding carboxylic acids is 1. The second-order valence-electron chi connectivity index (χ2n) is 6.02. The summed E-state index contributed by atoms with van der Waals surface area (Å²) >= 11 is 3.92. The van der Waals surface area contributed by atoms with E-state index in [-0.39, 0.29) is 11.9 Å². The number of rotatable bonds is 3. The second kappa shape index (κ2) is 7.18. The number of aliphatic carboxylic acids is 1. The van der Waals surface area contributed by atoms with Gasteiger partial charge in [-0.25, -0.2) is 0 Å². The maximum atomic E-state index is 12.6. The molecule has 2 atom stereocenters. The van der Waals surface area contributed by atoms with Gasteiger partial charge in [0.2, 0.25) is 0 Å². The average molecular weight is 351 g/mol. The van der Waals surface area contributed by atoms with Gasteiger partial charge in [-0.05, 0) is 49.0 Å². The number of benzene rings is 1. The summed E-state index contributed by atoms with van der Waals surface area (Å²) in [6.07, 6.45) is 1.80. The summed E-state index contributed by atoms with van der Waals surface area (Å²) in [7, 11) is 0. The van der Waals surface area contributed by atoms with Crippen molar-refractivity contribution in [3.05, 3.63) is 35.4 Å². The van der Waals surface area contributed by atoms with E-state index in [1.165, 1.54) is 23.5 Å². The van der Waals surface area contributed by atoms with Gasteiger partial charge in [-0.3, -0.25) is 9.59 Å². The summed E-state index contributed by atoms with van der Waals surface area (Å²) in [4.78, 5) is 25.5. The van der Waals surface area contributed by atoms with Crippen LogP contribution >= 0.6 is 23.5 Å². The van der Waals surface area contributed by atoms with Crippen LogP contribution in [0.5, 0.6) is 0 Å². The minimum atomic E-state index is -0.811. The summed E-state index contributed by atoms with van der Waals surface area (Å²) < 4.78 is 0.468. The van der Waals surface area contributed by atoms with Gasteiger partial charge in [0.25, 0.3) is 5.91 Å². The predicted octanol–water partition coefficient (Wildman–Crippen LogP) is 3.49. The smallest absolute Gasteiger partial charge is 0.308 e. The molecular weight excluding hydrogens is 330 g/mol. The zero-order valence-electron chi connectivity index (χ0n) is 13.1. The van der Waals surface area contributed by atoms with Crippen molar-refractivity contribution in [1.29, 1.82) is 0 Å². The first kappa shape index (κ1) is 16.7. The highest BCUT2D eigenvalue weighted by molar-refractivity contribution is 8.16. The molecule has 2 heterocycles. The van der Waals surface area contributed by atoms with Crippen LogP contribution in [0.1, 0.15) is 40.3 Å². The van der Waals surface area contributed by atoms with E-state index in [2.05, 4.69) is 0 Å². The summed E-state index contributed by atoms with van der Waals surface area (Å²) in [6.45, 7) is 2.35. The van der Waals surface area contributed by atoms with E-state index >= 15 is 0 Å². The first-order valence-corrected chi connectivity index (χ1v) is 10.0. The van der Waals surface area contributed by atoms with Gasteiger partial charge in [0, 0.05) is 18.2 Å². The molecule has 0 radical (unpaired) electrons. The van der Waals surface area contributed by atoms with Gasteiger partial charge >= 0.3 is 5.97 Å². The van der Waals surface area contributed by atoms with Gasteiger partial charge < -0.3 is 10.0 Å². The minimum Gasteiger partial charge on any atom is -0.481 e. The molecule has 2 aliphatic heterocycles. The van der Waals surface area contributed by atoms with Crippen LogP contribution in [0.25, 0.3) is 0 Å². The lowest BCUT2D eigenvalue weighted by Crippen LogP contribution is -2.37. The lowest BCUT2D eigenvalue weighted by Gasteiger charge is -2.24. The SMILES string of the molecule is CC1C(C(=O)O)CCN1C(=O)c1ccc(C2SCCCS2)cc1. The average Bonchev–Trinajstić information content (AvgIpc) is 2.97. The third kappa shape index (κ3) is 3.53. The van der Waals surface area contributed by atoms with E-state index in [9.17, 15) is 14.7 Å². The number of amides is 1. The summed E-state index contributed by atoms with van der Waals surface area (Å²) in [5.41, 5.74) is 1.91. The number of carboxylic acids is 1. The topological polar surface area (TPSA) is 57.6 Å². The van der Waals surface area contributed by atoms with Crippen LogP contribution in [-0.2, 0) is 4.79 Å². The molecule has 2 unspecified atom stereocenters. The van der Waals surface area contributed by atoms with Crippen LogP contribution < -0.4 is 0 Å². The molecule has 3 rings (SSSR count). The minimum absolute atomic E-state index is 0.0586. The molecule has 2 aliphatic rings. The van der Waals surface area contributed by atoms with Gasteiger partial charge in [-0.15, -0.1) is 23.5 Å². The van der Waals surface area contributed by atoms with E-state index in [0.717, 1.165) is 0 Å². The molecule has 4 nitrogen and oxygen atoms in total. The van der Waals surface area contributed by atoms with E-state index in [4.69, 9.17) is 0 Å². The zero-order valence-corrected chi connectivity index (χ0v) is 14.7. The molecule has 2 fully saturated rings. The molecule has 0 aromatic heterocycles. The number of nitrogens with zero attached hydrogens (tertiary/aromatic N) is 1. The Bertz CT molecular complexity index is 584. The molecule has 0 spiro atoms. The Morgan fingerprint density at radius 3 is 2.39 bits per heavy atom. The fraction of sp³-hybridized carbons (Fsp3) is 0.529. The largest absolute Gasteiger partial charge is 0.481 e. The molecule has 0 saturated carbocycles. The lowest BCUT2D eigenvalue weighted by atomic mass is 10.0. The van der Waals surface area contributed by atoms with Crippen molar-refractivity contribution in [2.24, 2.45) is 5.92 Å². The molecule has 1 N–H and O–H groups in total. The van der Waals surface area contributed by atoms with Crippen LogP contribution in [0.2, 0.25) is 0 Å². The number of likely N-dealkylation sites (tertiary alicyclic amines) is 1. The molecule has 6 heteroatoms. The molecule has 124 valence electrons. The molecular formula is C17H21NO3S2. The van der Waals surface area contributed by atoms with E-state index in [1.54, 1.807) is 4.90 Å². The molecule has 2 saturated heterocycles. The number of hydrogen-bond donors (Lipinski definition) is 1. The van der Waals surface area contributed by atoms with Crippen molar-refractivity contribution in [2.75, 3.05) is 18.1 Å². The van der Waals surface area contributed by atoms with Gasteiger partial charge in [0.05, 0.1) is 10.5 Å². The van der Waals surface area contributed by atoms with Crippen molar-refractivity contribution in [2.45, 2.75) is 30.4 Å². The molecule has 1 aromatic rings. The lowest BCUT2D eigenvalue weighted by molar-refractivity contribution is -0.142. The standard InChI is InChI=1S/C17H21NO3S2/c1-11-14(16(20)21)7-8-18(11)15(19)12-3-5-13(6-4-12)17-22-9-2-10-23-17/h3-6,11,14,17H,2,7-10H2,1H3,(H,20,21). The summed E-state index contributed by atoms with van der Waals surface area (Å²) in [6, 6.07) is 7.60. The normalized spacial score (nSPS) is 25.5. The van der Waals surface area contributed by atoms with Crippen LogP contribution in [0.15, 0.2) is 24.3 Å². The highest BCUT2D eigenvalue weighted by atomic mass is 32.2. The van der Waals surface area contributed by atoms with E-state index in [1.807, 2.05) is 54.7 Å². The number of thioether (sulfide) groups is 2. The van der Waals surface area contributed by atoms with Crippen molar-refractivity contribution in [3.63, 3.8) is 0 Å². The molecule has 23 heavy (non-hydrogen) atoms. The van der Waals surface area contributed by atoms with Crippen LogP contribution in [-0.4, -0.2) is 46.0 Å². The Morgan fingerprint density at radius 2 is 1.83 bits per heavy atom. The Labute approximate surface area is 145 Å². The van der Waals surface area contributed by atoms with Crippen LogP contribution in [0.3, 0.4) is 0 Å². The Hall–Kier alpha value is -1.14. The second-order valence-corrected chi connectivity index (χ2v) is 8.75. The molecule has 1 amide bonds. The zero-order chi connectivity index (χ0) is 16.4. The molecule has 0 aliphatic carbocycles. The predicted molar refractivity (Wildman–Crippen MR) is 95.0 cm³/mol. The fourth-order valence-corrected chi connectivity index (χ4v) is 6.08. The fourth-order valence-electron chi connectivity index (χ4n) is 3.19. The van der Waals surface area contributed by atoms with Gasteiger partial charge in [-0.1, -0.05) is 12.1 Å². The van der Waals surface area contributed by atoms with E-state index in [0.29, 0.717) is 23.1 Å². The highest BCUT2D eigenvalue weighted by Crippen LogP contribution is 2.43. The highest BCUT2D eigenvalue weighted by Gasteiger charge is 2.38. The number of carboxylic acid groups (broad SMARTS) is 1. The van der Waals surface area contributed by atoms with Crippen molar-refractivity contribution in [3.8, 4) is 0 Å². The Morgan fingerprint density at radius 1 is 1.17 bits per heavy atom. The number of carbonyl (C=O) groups is 2. The van der Waals surface area contributed by atoms with Gasteiger partial charge in [0.1, 0.15) is 0 Å². The third-order valence-corrected chi connectivity index (χ3v) is 7.61. The van der Waals surface area contributed by atoms with E-state index < -0.39 is 11.9 Å². The van der Waals surface area contributed by atoms with Crippen LogP contribution in [0, 0.1) is 5.92 Å². The molecule has 1 aromatic carbocycles. The molecule has 0 bridgehead atoms. The first-order valence-electron chi connectivity index (χ1n) is 7.95. The van der Waals surface area contributed by atoms with Crippen molar-refractivity contribution < 1.29 is 14.7 Å². The Balaban J connectivity index is 1.69. The maximum absolute atomic E-state index is 12.6. The number of hydrogen-bond acceptors (Lipinski definition) is 4. The summed E-state index contributed by atoms with van der Waals surface area (Å²) in [5, 5.41) is 9.19. The Kier molecular flexibility index (Phi) is 5.21. The van der Waals surface area contributed by atoms with Crippen molar-refractivity contribution >= 4 is 35.4 Å². The first-order chi connectivity index (χ1) is 11.1.